The quantitative estimate of drug-likeness (QED) is 0.385. The zero-order chi connectivity index (χ0) is 5.54. The van der Waals surface area contributed by atoms with Gasteiger partial charge in [-0.2, -0.15) is 10.2 Å². The molecule has 0 saturated heterocycles. The first-order valence-electron chi connectivity index (χ1n) is 1.66. The standard InChI is InChI=1S/C4H5ClN2/c1-6-7-4-2-3-5/h2-4H,1H2. The first-order valence-corrected chi connectivity index (χ1v) is 2.10. The van der Waals surface area contributed by atoms with Gasteiger partial charge in [0.15, 0.2) is 0 Å². The van der Waals surface area contributed by atoms with E-state index in [1.807, 2.05) is 0 Å². The highest BCUT2D eigenvalue weighted by Gasteiger charge is 1.54. The molecule has 0 aromatic carbocycles. The second kappa shape index (κ2) is 5.37. The number of allylic oxidation sites excluding steroid dienone is 1. The molecule has 0 atom stereocenters. The summed E-state index contributed by atoms with van der Waals surface area (Å²) in [4.78, 5) is 0. The molecule has 0 spiro atoms. The van der Waals surface area contributed by atoms with Crippen molar-refractivity contribution in [3.63, 3.8) is 0 Å². The van der Waals surface area contributed by atoms with Gasteiger partial charge in [-0.25, -0.2) is 0 Å². The summed E-state index contributed by atoms with van der Waals surface area (Å²) in [7, 11) is 0. The Balaban J connectivity index is 3.27. The van der Waals surface area contributed by atoms with Crippen molar-refractivity contribution in [3.05, 3.63) is 11.6 Å². The lowest BCUT2D eigenvalue weighted by Gasteiger charge is -1.64. The van der Waals surface area contributed by atoms with E-state index in [1.165, 1.54) is 11.7 Å². The smallest absolute Gasteiger partial charge is 0.0504 e. The van der Waals surface area contributed by atoms with E-state index in [0.29, 0.717) is 0 Å². The van der Waals surface area contributed by atoms with Gasteiger partial charge >= 0.3 is 0 Å². The summed E-state index contributed by atoms with van der Waals surface area (Å²) < 4.78 is 0. The van der Waals surface area contributed by atoms with Crippen LogP contribution in [-0.4, -0.2) is 12.9 Å². The molecule has 0 aromatic rings. The molecule has 0 aliphatic heterocycles. The third-order valence-electron chi connectivity index (χ3n) is 0.307. The van der Waals surface area contributed by atoms with Gasteiger partial charge in [-0.15, -0.1) is 0 Å². The highest BCUT2D eigenvalue weighted by Crippen LogP contribution is 1.73. The lowest BCUT2D eigenvalue weighted by molar-refractivity contribution is 1.28. The van der Waals surface area contributed by atoms with E-state index < -0.39 is 0 Å². The average molecular weight is 117 g/mol. The lowest BCUT2D eigenvalue weighted by Crippen LogP contribution is -1.55. The van der Waals surface area contributed by atoms with E-state index in [-0.39, 0.29) is 0 Å². The van der Waals surface area contributed by atoms with Crippen LogP contribution in [0.4, 0.5) is 0 Å². The van der Waals surface area contributed by atoms with E-state index in [1.54, 1.807) is 6.08 Å². The molecular formula is C4H5ClN2. The molecule has 0 unspecified atom stereocenters. The van der Waals surface area contributed by atoms with E-state index in [0.717, 1.165) is 0 Å². The van der Waals surface area contributed by atoms with Crippen molar-refractivity contribution in [1.82, 2.24) is 0 Å². The number of hydrogen-bond acceptors (Lipinski definition) is 2. The zero-order valence-electron chi connectivity index (χ0n) is 3.71. The summed E-state index contributed by atoms with van der Waals surface area (Å²) in [5, 5.41) is 6.56. The van der Waals surface area contributed by atoms with Gasteiger partial charge in [0.1, 0.15) is 0 Å². The maximum atomic E-state index is 5.10. The number of hydrogen-bond donors (Lipinski definition) is 0. The molecule has 0 amide bonds. The first kappa shape index (κ1) is 6.37. The van der Waals surface area contributed by atoms with Crippen LogP contribution in [0.2, 0.25) is 0 Å². The first-order chi connectivity index (χ1) is 3.41. The molecule has 0 radical (unpaired) electrons. The number of halogens is 1. The molecule has 7 heavy (non-hydrogen) atoms. The van der Waals surface area contributed by atoms with Crippen molar-refractivity contribution in [2.75, 3.05) is 0 Å². The minimum Gasteiger partial charge on any atom is -0.167 e. The second-order valence-electron chi connectivity index (χ2n) is 0.724. The van der Waals surface area contributed by atoms with Crippen molar-refractivity contribution in [3.8, 4) is 0 Å². The van der Waals surface area contributed by atoms with E-state index in [2.05, 4.69) is 16.9 Å². The van der Waals surface area contributed by atoms with Crippen LogP contribution in [0.25, 0.3) is 0 Å². The third kappa shape index (κ3) is 5.37. The minimum atomic E-state index is 1.34. The molecule has 0 bridgehead atoms. The fourth-order valence-electron chi connectivity index (χ4n) is 0.118. The molecule has 2 nitrogen and oxygen atoms in total. The van der Waals surface area contributed by atoms with Gasteiger partial charge in [-0.05, 0) is 6.08 Å². The minimum absolute atomic E-state index is 1.34. The third-order valence-corrected chi connectivity index (χ3v) is 0.453. The summed E-state index contributed by atoms with van der Waals surface area (Å²) in [5.41, 5.74) is 1.34. The molecule has 0 aromatic heterocycles. The Kier molecular flexibility index (Phi) is 4.89. The molecule has 0 fully saturated rings. The predicted octanol–water partition coefficient (Wildman–Crippen LogP) is 1.43. The molecule has 3 heteroatoms. The number of nitrogens with zero attached hydrogens (tertiary/aromatic N) is 2. The zero-order valence-corrected chi connectivity index (χ0v) is 4.47. The van der Waals surface area contributed by atoms with Crippen LogP contribution in [0.1, 0.15) is 0 Å². The Labute approximate surface area is 47.2 Å². The van der Waals surface area contributed by atoms with Crippen LogP contribution in [0.5, 0.6) is 0 Å². The van der Waals surface area contributed by atoms with E-state index in [9.17, 15) is 0 Å². The number of rotatable bonds is 2. The van der Waals surface area contributed by atoms with Gasteiger partial charge in [-0.1, -0.05) is 11.6 Å². The molecule has 0 aliphatic rings. The van der Waals surface area contributed by atoms with Crippen molar-refractivity contribution in [2.45, 2.75) is 0 Å². The maximum absolute atomic E-state index is 5.10. The lowest BCUT2D eigenvalue weighted by atomic mass is 10.7. The van der Waals surface area contributed by atoms with Crippen LogP contribution in [0.3, 0.4) is 0 Å². The second-order valence-corrected chi connectivity index (χ2v) is 0.976. The molecule has 0 saturated carbocycles. The van der Waals surface area contributed by atoms with E-state index in [4.69, 9.17) is 11.6 Å². The topological polar surface area (TPSA) is 24.7 Å². The van der Waals surface area contributed by atoms with Crippen molar-refractivity contribution in [2.24, 2.45) is 10.2 Å². The Bertz CT molecular complexity index is 95.9. The predicted molar refractivity (Wildman–Crippen MR) is 33.0 cm³/mol. The Morgan fingerprint density at radius 1 is 1.57 bits per heavy atom. The largest absolute Gasteiger partial charge is 0.167 e. The van der Waals surface area contributed by atoms with Crippen LogP contribution in [-0.2, 0) is 0 Å². The molecule has 0 N–H and O–H groups in total. The van der Waals surface area contributed by atoms with Crippen LogP contribution < -0.4 is 0 Å². The molecular weight excluding hydrogens is 112 g/mol. The summed E-state index contributed by atoms with van der Waals surface area (Å²) in [6.07, 6.45) is 3.00. The fraction of sp³-hybridized carbons (Fsp3) is 0. The van der Waals surface area contributed by atoms with Crippen molar-refractivity contribution < 1.29 is 0 Å². The Morgan fingerprint density at radius 2 is 2.29 bits per heavy atom. The Hall–Kier alpha value is -0.630. The SMILES string of the molecule is C=NN=CC=CCl. The normalized spacial score (nSPS) is 11.0. The summed E-state index contributed by atoms with van der Waals surface area (Å²) >= 11 is 5.10. The van der Waals surface area contributed by atoms with Crippen LogP contribution in [0, 0.1) is 0 Å². The molecule has 0 aliphatic carbocycles. The van der Waals surface area contributed by atoms with Gasteiger partial charge in [0.05, 0.1) is 6.21 Å². The van der Waals surface area contributed by atoms with Crippen molar-refractivity contribution >= 4 is 24.5 Å². The Morgan fingerprint density at radius 3 is 2.71 bits per heavy atom. The van der Waals surface area contributed by atoms with Gasteiger partial charge in [-0.3, -0.25) is 0 Å². The molecule has 0 heterocycles. The summed E-state index contributed by atoms with van der Waals surface area (Å²) in [5.74, 6) is 0. The van der Waals surface area contributed by atoms with Crippen LogP contribution in [0.15, 0.2) is 21.8 Å². The summed E-state index contributed by atoms with van der Waals surface area (Å²) in [6, 6.07) is 0. The molecule has 0 rings (SSSR count). The van der Waals surface area contributed by atoms with Gasteiger partial charge < -0.3 is 0 Å². The highest BCUT2D eigenvalue weighted by atomic mass is 35.5. The monoisotopic (exact) mass is 116 g/mol. The fourth-order valence-corrected chi connectivity index (χ4v) is 0.183. The molecule has 38 valence electrons. The summed E-state index contributed by atoms with van der Waals surface area (Å²) in [6.45, 7) is 3.11. The van der Waals surface area contributed by atoms with Crippen LogP contribution >= 0.6 is 11.6 Å². The van der Waals surface area contributed by atoms with Crippen molar-refractivity contribution in [1.29, 1.82) is 0 Å². The van der Waals surface area contributed by atoms with E-state index >= 15 is 0 Å². The van der Waals surface area contributed by atoms with Gasteiger partial charge in [0, 0.05) is 12.3 Å². The highest BCUT2D eigenvalue weighted by molar-refractivity contribution is 6.26. The van der Waals surface area contributed by atoms with Gasteiger partial charge in [0.25, 0.3) is 0 Å². The maximum Gasteiger partial charge on any atom is 0.0504 e. The average Bonchev–Trinajstić information content (AvgIpc) is 1.69. The van der Waals surface area contributed by atoms with Gasteiger partial charge in [0.2, 0.25) is 0 Å².